The van der Waals surface area contributed by atoms with Crippen molar-refractivity contribution in [3.05, 3.63) is 31.0 Å². The van der Waals surface area contributed by atoms with Crippen molar-refractivity contribution >= 4 is 0 Å². The van der Waals surface area contributed by atoms with Gasteiger partial charge in [0.05, 0.1) is 6.20 Å². The molecule has 0 saturated heterocycles. The number of hydrogen-bond donors (Lipinski definition) is 1. The van der Waals surface area contributed by atoms with E-state index in [9.17, 15) is 0 Å². The fourth-order valence-corrected chi connectivity index (χ4v) is 0.475. The summed E-state index contributed by atoms with van der Waals surface area (Å²) in [6.07, 6.45) is 1.57. The fourth-order valence-electron chi connectivity index (χ4n) is 0.475. The first-order chi connectivity index (χ1) is 4.83. The molecule has 0 aromatic carbocycles. The smallest absolute Gasteiger partial charge is 0.220 e. The molecule has 3 nitrogen and oxygen atoms in total. The lowest BCUT2D eigenvalue weighted by Gasteiger charge is -1.80. The molecule has 0 aliphatic heterocycles. The van der Waals surface area contributed by atoms with Crippen molar-refractivity contribution in [1.29, 1.82) is 0 Å². The molecule has 0 aliphatic carbocycles. The van der Waals surface area contributed by atoms with Crippen LogP contribution in [0.3, 0.4) is 0 Å². The first-order valence-corrected chi connectivity index (χ1v) is 2.85. The van der Waals surface area contributed by atoms with E-state index in [1.54, 1.807) is 13.1 Å². The molecule has 0 amide bonds. The van der Waals surface area contributed by atoms with Crippen molar-refractivity contribution in [3.8, 4) is 0 Å². The van der Waals surface area contributed by atoms with Gasteiger partial charge < -0.3 is 9.52 Å². The van der Waals surface area contributed by atoms with E-state index < -0.39 is 0 Å². The van der Waals surface area contributed by atoms with E-state index in [-0.39, 0.29) is 6.61 Å². The lowest BCUT2D eigenvalue weighted by Crippen LogP contribution is -1.78. The Morgan fingerprint density at radius 1 is 1.70 bits per heavy atom. The van der Waals surface area contributed by atoms with E-state index in [4.69, 9.17) is 9.52 Å². The van der Waals surface area contributed by atoms with Gasteiger partial charge in [-0.2, -0.15) is 0 Å². The summed E-state index contributed by atoms with van der Waals surface area (Å²) in [5, 5.41) is 8.39. The Balaban J connectivity index is 0.000000371. The summed E-state index contributed by atoms with van der Waals surface area (Å²) < 4.78 is 4.87. The Bertz CT molecular complexity index is 183. The molecule has 1 heterocycles. The van der Waals surface area contributed by atoms with Crippen molar-refractivity contribution in [1.82, 2.24) is 4.98 Å². The molecule has 1 N–H and O–H groups in total. The molecule has 0 fully saturated rings. The first-order valence-electron chi connectivity index (χ1n) is 2.85. The van der Waals surface area contributed by atoms with Gasteiger partial charge in [-0.3, -0.25) is 0 Å². The number of aryl methyl sites for hydroxylation is 1. The highest BCUT2D eigenvalue weighted by Gasteiger charge is 1.94. The molecule has 0 saturated carbocycles. The zero-order chi connectivity index (χ0) is 7.98. The third kappa shape index (κ3) is 2.46. The van der Waals surface area contributed by atoms with Crippen molar-refractivity contribution in [2.24, 2.45) is 0 Å². The van der Waals surface area contributed by atoms with Crippen LogP contribution in [0.5, 0.6) is 0 Å². The van der Waals surface area contributed by atoms with Crippen LogP contribution in [-0.4, -0.2) is 10.1 Å². The second kappa shape index (κ2) is 4.76. The molecule has 1 rings (SSSR count). The molecule has 0 unspecified atom stereocenters. The van der Waals surface area contributed by atoms with Crippen LogP contribution in [-0.2, 0) is 6.61 Å². The Labute approximate surface area is 60.0 Å². The van der Waals surface area contributed by atoms with Gasteiger partial charge in [0.1, 0.15) is 12.4 Å². The van der Waals surface area contributed by atoms with E-state index in [0.717, 1.165) is 5.76 Å². The highest BCUT2D eigenvalue weighted by molar-refractivity contribution is 4.88. The first kappa shape index (κ1) is 8.91. The predicted molar refractivity (Wildman–Crippen MR) is 38.4 cm³/mol. The maximum atomic E-state index is 8.39. The summed E-state index contributed by atoms with van der Waals surface area (Å²) in [7, 11) is 0. The third-order valence-corrected chi connectivity index (χ3v) is 0.804. The van der Waals surface area contributed by atoms with Crippen molar-refractivity contribution in [3.63, 3.8) is 0 Å². The molecule has 3 heteroatoms. The summed E-state index contributed by atoms with van der Waals surface area (Å²) >= 11 is 0. The summed E-state index contributed by atoms with van der Waals surface area (Å²) in [5.74, 6) is 1.11. The maximum Gasteiger partial charge on any atom is 0.220 e. The molecule has 0 aliphatic rings. The van der Waals surface area contributed by atoms with Crippen LogP contribution in [0, 0.1) is 6.92 Å². The minimum atomic E-state index is -0.117. The molecule has 1 aromatic rings. The lowest BCUT2D eigenvalue weighted by molar-refractivity contribution is 0.238. The van der Waals surface area contributed by atoms with Gasteiger partial charge in [0.15, 0.2) is 0 Å². The number of nitrogens with zero attached hydrogens (tertiary/aromatic N) is 1. The topological polar surface area (TPSA) is 46.3 Å². The van der Waals surface area contributed by atoms with Gasteiger partial charge in [0.2, 0.25) is 5.89 Å². The fraction of sp³-hybridized carbons (Fsp3) is 0.286. The molecular weight excluding hydrogens is 130 g/mol. The lowest BCUT2D eigenvalue weighted by atomic mass is 10.6. The molecule has 0 spiro atoms. The Morgan fingerprint density at radius 2 is 2.30 bits per heavy atom. The summed E-state index contributed by atoms with van der Waals surface area (Å²) in [6, 6.07) is 0. The number of aliphatic hydroxyl groups is 1. The Hall–Kier alpha value is -1.09. The maximum absolute atomic E-state index is 8.39. The van der Waals surface area contributed by atoms with Gasteiger partial charge in [0.25, 0.3) is 0 Å². The summed E-state index contributed by atoms with van der Waals surface area (Å²) in [6.45, 7) is 7.67. The van der Waals surface area contributed by atoms with Crippen LogP contribution < -0.4 is 0 Å². The van der Waals surface area contributed by atoms with Crippen molar-refractivity contribution in [2.45, 2.75) is 13.5 Å². The SMILES string of the molecule is C=C.Cc1cnc(CO)o1. The van der Waals surface area contributed by atoms with Crippen LogP contribution in [0.4, 0.5) is 0 Å². The molecular formula is C7H11NO2. The van der Waals surface area contributed by atoms with Crippen molar-refractivity contribution < 1.29 is 9.52 Å². The van der Waals surface area contributed by atoms with Gasteiger partial charge in [-0.25, -0.2) is 4.98 Å². The summed E-state index contributed by atoms with van der Waals surface area (Å²) in [4.78, 5) is 3.72. The standard InChI is InChI=1S/C5H7NO2.C2H4/c1-4-2-6-5(3-7)8-4;1-2/h2,7H,3H2,1H3;1-2H2. The minimum Gasteiger partial charge on any atom is -0.444 e. The number of rotatable bonds is 1. The Kier molecular flexibility index (Phi) is 4.24. The van der Waals surface area contributed by atoms with Gasteiger partial charge in [-0.05, 0) is 6.92 Å². The number of oxazole rings is 1. The van der Waals surface area contributed by atoms with E-state index in [1.165, 1.54) is 0 Å². The second-order valence-electron chi connectivity index (χ2n) is 1.52. The van der Waals surface area contributed by atoms with Crippen LogP contribution in [0.1, 0.15) is 11.7 Å². The zero-order valence-electron chi connectivity index (χ0n) is 6.00. The van der Waals surface area contributed by atoms with Crippen LogP contribution in [0.25, 0.3) is 0 Å². The zero-order valence-corrected chi connectivity index (χ0v) is 6.00. The largest absolute Gasteiger partial charge is 0.444 e. The van der Waals surface area contributed by atoms with Crippen LogP contribution in [0.15, 0.2) is 23.8 Å². The van der Waals surface area contributed by atoms with E-state index in [0.29, 0.717) is 5.89 Å². The molecule has 56 valence electrons. The normalized spacial score (nSPS) is 8.20. The molecule has 0 bridgehead atoms. The Morgan fingerprint density at radius 3 is 2.50 bits per heavy atom. The second-order valence-corrected chi connectivity index (χ2v) is 1.52. The predicted octanol–water partition coefficient (Wildman–Crippen LogP) is 1.28. The monoisotopic (exact) mass is 141 g/mol. The molecule has 1 aromatic heterocycles. The molecule has 0 atom stereocenters. The highest BCUT2D eigenvalue weighted by atomic mass is 16.4. The van der Waals surface area contributed by atoms with Gasteiger partial charge >= 0.3 is 0 Å². The van der Waals surface area contributed by atoms with Gasteiger partial charge in [0, 0.05) is 0 Å². The van der Waals surface area contributed by atoms with Crippen LogP contribution in [0.2, 0.25) is 0 Å². The van der Waals surface area contributed by atoms with Crippen molar-refractivity contribution in [2.75, 3.05) is 0 Å². The quantitative estimate of drug-likeness (QED) is 0.599. The minimum absolute atomic E-state index is 0.117. The molecule has 0 radical (unpaired) electrons. The average Bonchev–Trinajstić information content (AvgIpc) is 2.40. The highest BCUT2D eigenvalue weighted by Crippen LogP contribution is 1.99. The number of aromatic nitrogens is 1. The van der Waals surface area contributed by atoms with Crippen LogP contribution >= 0.6 is 0 Å². The van der Waals surface area contributed by atoms with Gasteiger partial charge in [-0.1, -0.05) is 0 Å². The number of hydrogen-bond acceptors (Lipinski definition) is 3. The summed E-state index contributed by atoms with van der Waals surface area (Å²) in [5.41, 5.74) is 0. The van der Waals surface area contributed by atoms with E-state index in [2.05, 4.69) is 18.1 Å². The third-order valence-electron chi connectivity index (χ3n) is 0.804. The van der Waals surface area contributed by atoms with Gasteiger partial charge in [-0.15, -0.1) is 13.2 Å². The van der Waals surface area contributed by atoms with E-state index >= 15 is 0 Å². The average molecular weight is 141 g/mol. The number of aliphatic hydroxyl groups excluding tert-OH is 1. The molecule has 10 heavy (non-hydrogen) atoms. The van der Waals surface area contributed by atoms with E-state index in [1.807, 2.05) is 0 Å².